The van der Waals surface area contributed by atoms with E-state index in [-0.39, 0.29) is 12.1 Å². The molecule has 1 N–H and O–H groups in total. The van der Waals surface area contributed by atoms with Crippen molar-refractivity contribution >= 4 is 11.7 Å². The normalized spacial score (nSPS) is 11.3. The van der Waals surface area contributed by atoms with E-state index in [1.54, 1.807) is 13.8 Å². The molecule has 0 aliphatic carbocycles. The summed E-state index contributed by atoms with van der Waals surface area (Å²) < 4.78 is 1.54. The SMILES string of the molecule is CN(CC(C)(C)O)C(=O)C(=O)c1cnn(-c2ccccc2)c1. The number of aromatic nitrogens is 2. The lowest BCUT2D eigenvalue weighted by molar-refractivity contribution is -0.127. The fourth-order valence-electron chi connectivity index (χ4n) is 2.11. The number of nitrogens with zero attached hydrogens (tertiary/aromatic N) is 3. The quantitative estimate of drug-likeness (QED) is 0.667. The molecule has 0 aliphatic heterocycles. The second kappa shape index (κ2) is 6.11. The molecule has 1 aromatic carbocycles. The average Bonchev–Trinajstić information content (AvgIpc) is 2.94. The maximum absolute atomic E-state index is 12.2. The number of carbonyl (C=O) groups excluding carboxylic acids is 2. The molecular weight excluding hydrogens is 282 g/mol. The van der Waals surface area contributed by atoms with Gasteiger partial charge in [-0.15, -0.1) is 0 Å². The molecule has 22 heavy (non-hydrogen) atoms. The Morgan fingerprint density at radius 3 is 2.50 bits per heavy atom. The third-order valence-electron chi connectivity index (χ3n) is 3.03. The maximum atomic E-state index is 12.2. The van der Waals surface area contributed by atoms with Gasteiger partial charge in [-0.1, -0.05) is 18.2 Å². The Kier molecular flexibility index (Phi) is 4.42. The van der Waals surface area contributed by atoms with Gasteiger partial charge in [0.15, 0.2) is 0 Å². The maximum Gasteiger partial charge on any atom is 0.294 e. The van der Waals surface area contributed by atoms with Gasteiger partial charge >= 0.3 is 0 Å². The summed E-state index contributed by atoms with van der Waals surface area (Å²) in [5.74, 6) is -1.32. The van der Waals surface area contributed by atoms with Gasteiger partial charge < -0.3 is 10.0 Å². The van der Waals surface area contributed by atoms with Gasteiger partial charge in [-0.25, -0.2) is 4.68 Å². The third-order valence-corrected chi connectivity index (χ3v) is 3.03. The summed E-state index contributed by atoms with van der Waals surface area (Å²) in [5.41, 5.74) is -0.0332. The molecule has 0 atom stereocenters. The lowest BCUT2D eigenvalue weighted by Crippen LogP contribution is -2.42. The van der Waals surface area contributed by atoms with Crippen LogP contribution in [0.4, 0.5) is 0 Å². The average molecular weight is 301 g/mol. The zero-order valence-corrected chi connectivity index (χ0v) is 12.9. The first-order valence-electron chi connectivity index (χ1n) is 6.90. The number of carbonyl (C=O) groups is 2. The smallest absolute Gasteiger partial charge is 0.294 e. The molecule has 0 spiro atoms. The van der Waals surface area contributed by atoms with Crippen molar-refractivity contribution in [2.24, 2.45) is 0 Å². The summed E-state index contributed by atoms with van der Waals surface area (Å²) in [7, 11) is 1.49. The van der Waals surface area contributed by atoms with Gasteiger partial charge in [0.1, 0.15) is 0 Å². The van der Waals surface area contributed by atoms with Crippen molar-refractivity contribution in [2.45, 2.75) is 19.4 Å². The first kappa shape index (κ1) is 15.9. The molecule has 2 aromatic rings. The van der Waals surface area contributed by atoms with Crippen LogP contribution in [0.5, 0.6) is 0 Å². The predicted octanol–water partition coefficient (Wildman–Crippen LogP) is 1.28. The molecule has 1 amide bonds. The van der Waals surface area contributed by atoms with Crippen LogP contribution in [0, 0.1) is 0 Å². The van der Waals surface area contributed by atoms with Crippen LogP contribution in [-0.4, -0.2) is 50.7 Å². The molecule has 6 heteroatoms. The molecule has 0 unspecified atom stereocenters. The van der Waals surface area contributed by atoms with Gasteiger partial charge in [0.2, 0.25) is 0 Å². The van der Waals surface area contributed by atoms with Gasteiger partial charge in [-0.3, -0.25) is 9.59 Å². The molecule has 0 saturated heterocycles. The highest BCUT2D eigenvalue weighted by atomic mass is 16.3. The monoisotopic (exact) mass is 301 g/mol. The van der Waals surface area contributed by atoms with Gasteiger partial charge in [-0.05, 0) is 26.0 Å². The standard InChI is InChI=1S/C16H19N3O3/c1-16(2,22)11-18(3)15(21)14(20)12-9-17-19(10-12)13-7-5-4-6-8-13/h4-10,22H,11H2,1-3H3. The van der Waals surface area contributed by atoms with E-state index in [9.17, 15) is 14.7 Å². The summed E-state index contributed by atoms with van der Waals surface area (Å²) in [5, 5.41) is 13.8. The third kappa shape index (κ3) is 3.79. The first-order valence-corrected chi connectivity index (χ1v) is 6.90. The van der Waals surface area contributed by atoms with E-state index in [0.717, 1.165) is 5.69 Å². The van der Waals surface area contributed by atoms with Crippen LogP contribution < -0.4 is 0 Å². The van der Waals surface area contributed by atoms with Gasteiger partial charge in [0, 0.05) is 19.8 Å². The van der Waals surface area contributed by atoms with Crippen LogP contribution in [0.25, 0.3) is 5.69 Å². The van der Waals surface area contributed by atoms with E-state index in [2.05, 4.69) is 5.10 Å². The minimum absolute atomic E-state index is 0.0738. The second-order valence-corrected chi connectivity index (χ2v) is 5.81. The zero-order valence-electron chi connectivity index (χ0n) is 12.9. The molecule has 0 bridgehead atoms. The Balaban J connectivity index is 2.14. The summed E-state index contributed by atoms with van der Waals surface area (Å²) in [6.07, 6.45) is 2.89. The Labute approximate surface area is 129 Å². The number of amides is 1. The molecule has 0 saturated carbocycles. The van der Waals surface area contributed by atoms with E-state index < -0.39 is 17.3 Å². The van der Waals surface area contributed by atoms with Crippen molar-refractivity contribution in [1.82, 2.24) is 14.7 Å². The number of rotatable bonds is 5. The van der Waals surface area contributed by atoms with Crippen molar-refractivity contribution in [3.05, 3.63) is 48.3 Å². The van der Waals surface area contributed by atoms with Crippen LogP contribution in [0.2, 0.25) is 0 Å². The number of para-hydroxylation sites is 1. The van der Waals surface area contributed by atoms with Crippen LogP contribution in [0.3, 0.4) is 0 Å². The van der Waals surface area contributed by atoms with Crippen molar-refractivity contribution in [1.29, 1.82) is 0 Å². The molecule has 0 fully saturated rings. The highest BCUT2D eigenvalue weighted by Crippen LogP contribution is 2.10. The van der Waals surface area contributed by atoms with Crippen LogP contribution in [0.15, 0.2) is 42.7 Å². The highest BCUT2D eigenvalue weighted by Gasteiger charge is 2.26. The lowest BCUT2D eigenvalue weighted by atomic mass is 10.1. The van der Waals surface area contributed by atoms with Gasteiger partial charge in [-0.2, -0.15) is 5.10 Å². The Morgan fingerprint density at radius 2 is 1.91 bits per heavy atom. The fourth-order valence-corrected chi connectivity index (χ4v) is 2.11. The largest absolute Gasteiger partial charge is 0.389 e. The number of benzene rings is 1. The van der Waals surface area contributed by atoms with E-state index in [0.29, 0.717) is 0 Å². The van der Waals surface area contributed by atoms with E-state index in [4.69, 9.17) is 0 Å². The van der Waals surface area contributed by atoms with Crippen molar-refractivity contribution in [2.75, 3.05) is 13.6 Å². The van der Waals surface area contributed by atoms with Gasteiger partial charge in [0.25, 0.3) is 11.7 Å². The number of Topliss-reactive ketones (excluding diaryl/α,β-unsaturated/α-hetero) is 1. The molecular formula is C16H19N3O3. The molecule has 116 valence electrons. The van der Waals surface area contributed by atoms with Crippen molar-refractivity contribution in [3.8, 4) is 5.69 Å². The lowest BCUT2D eigenvalue weighted by Gasteiger charge is -2.24. The van der Waals surface area contributed by atoms with Crippen molar-refractivity contribution in [3.63, 3.8) is 0 Å². The number of aliphatic hydroxyl groups is 1. The van der Waals surface area contributed by atoms with Gasteiger partial charge in [0.05, 0.1) is 23.0 Å². The summed E-state index contributed by atoms with van der Waals surface area (Å²) in [6, 6.07) is 9.31. The molecule has 6 nitrogen and oxygen atoms in total. The highest BCUT2D eigenvalue weighted by molar-refractivity contribution is 6.42. The second-order valence-electron chi connectivity index (χ2n) is 5.81. The Morgan fingerprint density at radius 1 is 1.27 bits per heavy atom. The summed E-state index contributed by atoms with van der Waals surface area (Å²) in [6.45, 7) is 3.23. The topological polar surface area (TPSA) is 75.4 Å². The molecule has 0 radical (unpaired) electrons. The molecule has 1 aromatic heterocycles. The predicted molar refractivity (Wildman–Crippen MR) is 81.8 cm³/mol. The van der Waals surface area contributed by atoms with E-state index >= 15 is 0 Å². The fraction of sp³-hybridized carbons (Fsp3) is 0.312. The Hall–Kier alpha value is -2.47. The van der Waals surface area contributed by atoms with Crippen LogP contribution in [-0.2, 0) is 4.79 Å². The minimum atomic E-state index is -1.06. The number of likely N-dealkylation sites (N-methyl/N-ethyl adjacent to an activating group) is 1. The number of ketones is 1. The van der Waals surface area contributed by atoms with Crippen LogP contribution in [0.1, 0.15) is 24.2 Å². The first-order chi connectivity index (χ1) is 10.3. The summed E-state index contributed by atoms with van der Waals surface area (Å²) >= 11 is 0. The van der Waals surface area contributed by atoms with E-state index in [1.165, 1.54) is 29.0 Å². The molecule has 0 aliphatic rings. The van der Waals surface area contributed by atoms with Crippen LogP contribution >= 0.6 is 0 Å². The number of hydrogen-bond donors (Lipinski definition) is 1. The van der Waals surface area contributed by atoms with Crippen molar-refractivity contribution < 1.29 is 14.7 Å². The molecule has 1 heterocycles. The minimum Gasteiger partial charge on any atom is -0.389 e. The summed E-state index contributed by atoms with van der Waals surface area (Å²) in [4.78, 5) is 25.5. The zero-order chi connectivity index (χ0) is 16.3. The molecule has 2 rings (SSSR count). The number of hydrogen-bond acceptors (Lipinski definition) is 4. The van der Waals surface area contributed by atoms with E-state index in [1.807, 2.05) is 30.3 Å². The Bertz CT molecular complexity index is 671.